The van der Waals surface area contributed by atoms with Gasteiger partial charge in [-0.3, -0.25) is 0 Å². The number of hydrogen-bond acceptors (Lipinski definition) is 9. The van der Waals surface area contributed by atoms with E-state index in [4.69, 9.17) is 11.6 Å². The van der Waals surface area contributed by atoms with E-state index in [9.17, 15) is 0 Å². The quantitative estimate of drug-likeness (QED) is 0.657. The highest BCUT2D eigenvalue weighted by molar-refractivity contribution is 8.21. The SMILES string of the molecule is Sc1nnc(C2(S)N=NC(SCCCl)S2)s1. The van der Waals surface area contributed by atoms with Crippen molar-refractivity contribution in [2.75, 3.05) is 11.6 Å². The average molecular weight is 331 g/mol. The summed E-state index contributed by atoms with van der Waals surface area (Å²) in [6.07, 6.45) is 0. The van der Waals surface area contributed by atoms with Crippen LogP contribution >= 0.6 is 71.7 Å². The predicted octanol–water partition coefficient (Wildman–Crippen LogP) is 3.32. The van der Waals surface area contributed by atoms with Crippen LogP contribution in [0.2, 0.25) is 0 Å². The number of alkyl halides is 1. The van der Waals surface area contributed by atoms with Crippen LogP contribution in [0, 0.1) is 0 Å². The minimum absolute atomic E-state index is 0.0310. The smallest absolute Gasteiger partial charge is 0.166 e. The molecule has 0 aliphatic carbocycles. The molecule has 1 aromatic rings. The van der Waals surface area contributed by atoms with Gasteiger partial charge in [-0.2, -0.15) is 10.2 Å². The van der Waals surface area contributed by atoms with Crippen molar-refractivity contribution in [1.82, 2.24) is 10.2 Å². The molecule has 0 aromatic carbocycles. The molecule has 0 spiro atoms. The lowest BCUT2D eigenvalue weighted by Crippen LogP contribution is -2.08. The van der Waals surface area contributed by atoms with Gasteiger partial charge in [0.05, 0.1) is 0 Å². The van der Waals surface area contributed by atoms with Crippen molar-refractivity contribution >= 4 is 71.7 Å². The van der Waals surface area contributed by atoms with Gasteiger partial charge in [-0.1, -0.05) is 23.1 Å². The van der Waals surface area contributed by atoms with Crippen molar-refractivity contribution in [3.05, 3.63) is 5.01 Å². The van der Waals surface area contributed by atoms with E-state index in [1.807, 2.05) is 0 Å². The number of thiol groups is 2. The van der Waals surface area contributed by atoms with Crippen LogP contribution in [-0.2, 0) is 4.20 Å². The summed E-state index contributed by atoms with van der Waals surface area (Å²) in [6.45, 7) is 0. The molecular weight excluding hydrogens is 324 g/mol. The molecule has 2 unspecified atom stereocenters. The first-order valence-electron chi connectivity index (χ1n) is 4.17. The Bertz CT molecular complexity index is 398. The first-order chi connectivity index (χ1) is 7.64. The van der Waals surface area contributed by atoms with Crippen molar-refractivity contribution in [2.45, 2.75) is 13.2 Å². The Morgan fingerprint density at radius 1 is 1.50 bits per heavy atom. The largest absolute Gasteiger partial charge is 0.226 e. The molecular formula is C6H7ClN4S5. The van der Waals surface area contributed by atoms with Gasteiger partial charge in [0.25, 0.3) is 0 Å². The van der Waals surface area contributed by atoms with Crippen LogP contribution in [0.5, 0.6) is 0 Å². The molecule has 0 radical (unpaired) electrons. The van der Waals surface area contributed by atoms with Crippen LogP contribution in [0.4, 0.5) is 0 Å². The third-order valence-electron chi connectivity index (χ3n) is 1.58. The highest BCUT2D eigenvalue weighted by atomic mass is 35.5. The fourth-order valence-electron chi connectivity index (χ4n) is 0.966. The number of thioether (sulfide) groups is 2. The van der Waals surface area contributed by atoms with Crippen molar-refractivity contribution < 1.29 is 0 Å². The van der Waals surface area contributed by atoms with Crippen LogP contribution < -0.4 is 0 Å². The summed E-state index contributed by atoms with van der Waals surface area (Å²) >= 11 is 18.8. The Morgan fingerprint density at radius 3 is 2.94 bits per heavy atom. The van der Waals surface area contributed by atoms with Crippen LogP contribution in [0.1, 0.15) is 5.01 Å². The highest BCUT2D eigenvalue weighted by Crippen LogP contribution is 2.52. The standard InChI is InChI=1S/C6H7ClN4S5/c7-1-2-14-5-10-11-6(13,16-5)3-8-9-4(12)15-3/h5,13H,1-2H2,(H,9,12). The lowest BCUT2D eigenvalue weighted by Gasteiger charge is -2.13. The Morgan fingerprint density at radius 2 is 2.31 bits per heavy atom. The first kappa shape index (κ1) is 13.3. The van der Waals surface area contributed by atoms with Crippen molar-refractivity contribution in [1.29, 1.82) is 0 Å². The molecule has 4 nitrogen and oxygen atoms in total. The van der Waals surface area contributed by atoms with Crippen LogP contribution in [0.15, 0.2) is 14.6 Å². The van der Waals surface area contributed by atoms with Crippen LogP contribution in [0.25, 0.3) is 0 Å². The molecule has 0 saturated carbocycles. The number of azo groups is 1. The molecule has 0 saturated heterocycles. The number of halogens is 1. The molecule has 2 heterocycles. The van der Waals surface area contributed by atoms with E-state index in [1.165, 1.54) is 23.1 Å². The normalized spacial score (nSPS) is 28.8. The molecule has 0 amide bonds. The van der Waals surface area contributed by atoms with Crippen molar-refractivity contribution in [2.24, 2.45) is 10.2 Å². The second-order valence-corrected chi connectivity index (χ2v) is 8.49. The molecule has 0 N–H and O–H groups in total. The number of nitrogens with zero attached hydrogens (tertiary/aromatic N) is 4. The van der Waals surface area contributed by atoms with E-state index in [0.29, 0.717) is 15.2 Å². The summed E-state index contributed by atoms with van der Waals surface area (Å²) in [5.41, 5.74) is 0. The maximum Gasteiger partial charge on any atom is 0.226 e. The molecule has 88 valence electrons. The van der Waals surface area contributed by atoms with Gasteiger partial charge in [-0.15, -0.1) is 58.8 Å². The molecule has 1 aliphatic heterocycles. The fourth-order valence-corrected chi connectivity index (χ4v) is 5.06. The Balaban J connectivity index is 2.04. The minimum Gasteiger partial charge on any atom is -0.166 e. The lowest BCUT2D eigenvalue weighted by molar-refractivity contribution is 0.839. The van der Waals surface area contributed by atoms with Gasteiger partial charge in [0.2, 0.25) is 4.20 Å². The van der Waals surface area contributed by atoms with E-state index in [1.54, 1.807) is 11.8 Å². The van der Waals surface area contributed by atoms with Gasteiger partial charge in [-0.05, 0) is 0 Å². The second kappa shape index (κ2) is 5.66. The molecule has 0 bridgehead atoms. The molecule has 1 aromatic heterocycles. The fraction of sp³-hybridized carbons (Fsp3) is 0.667. The number of rotatable bonds is 4. The predicted molar refractivity (Wildman–Crippen MR) is 77.2 cm³/mol. The van der Waals surface area contributed by atoms with Crippen LogP contribution in [-0.4, -0.2) is 26.5 Å². The molecule has 2 rings (SSSR count). The summed E-state index contributed by atoms with van der Waals surface area (Å²) in [6, 6.07) is 0. The Labute approximate surface area is 121 Å². The number of hydrogen-bond donors (Lipinski definition) is 2. The maximum atomic E-state index is 5.62. The summed E-state index contributed by atoms with van der Waals surface area (Å²) in [7, 11) is 0. The molecule has 10 heteroatoms. The average Bonchev–Trinajstić information content (AvgIpc) is 2.83. The van der Waals surface area contributed by atoms with Crippen molar-refractivity contribution in [3.63, 3.8) is 0 Å². The van der Waals surface area contributed by atoms with Gasteiger partial charge >= 0.3 is 0 Å². The second-order valence-electron chi connectivity index (χ2n) is 2.70. The van der Waals surface area contributed by atoms with Gasteiger partial charge < -0.3 is 0 Å². The van der Waals surface area contributed by atoms with E-state index in [2.05, 4.69) is 45.7 Å². The van der Waals surface area contributed by atoms with E-state index in [-0.39, 0.29) is 4.71 Å². The van der Waals surface area contributed by atoms with Gasteiger partial charge in [-0.25, -0.2) is 0 Å². The van der Waals surface area contributed by atoms with Gasteiger partial charge in [0.15, 0.2) is 14.1 Å². The monoisotopic (exact) mass is 330 g/mol. The van der Waals surface area contributed by atoms with Crippen LogP contribution in [0.3, 0.4) is 0 Å². The molecule has 2 atom stereocenters. The van der Waals surface area contributed by atoms with E-state index in [0.717, 1.165) is 5.75 Å². The van der Waals surface area contributed by atoms with E-state index >= 15 is 0 Å². The highest BCUT2D eigenvalue weighted by Gasteiger charge is 2.40. The number of aromatic nitrogens is 2. The molecule has 16 heavy (non-hydrogen) atoms. The summed E-state index contributed by atoms with van der Waals surface area (Å²) in [4.78, 5) is 0. The molecule has 0 fully saturated rings. The summed E-state index contributed by atoms with van der Waals surface area (Å²) < 4.78 is -0.0811. The summed E-state index contributed by atoms with van der Waals surface area (Å²) in [5.74, 6) is 1.45. The Kier molecular flexibility index (Phi) is 4.70. The van der Waals surface area contributed by atoms with Gasteiger partial charge in [0.1, 0.15) is 0 Å². The third kappa shape index (κ3) is 2.99. The zero-order valence-corrected chi connectivity index (χ0v) is 12.8. The zero-order chi connectivity index (χ0) is 11.6. The maximum absolute atomic E-state index is 5.62. The van der Waals surface area contributed by atoms with E-state index < -0.39 is 4.20 Å². The zero-order valence-electron chi connectivity index (χ0n) is 7.78. The first-order valence-corrected chi connectivity index (χ1v) is 8.34. The lowest BCUT2D eigenvalue weighted by atomic mass is 10.7. The summed E-state index contributed by atoms with van der Waals surface area (Å²) in [5, 5.41) is 16.8. The van der Waals surface area contributed by atoms with Crippen molar-refractivity contribution in [3.8, 4) is 0 Å². The Hall–Kier alpha value is 0.850. The topological polar surface area (TPSA) is 50.5 Å². The minimum atomic E-state index is -0.720. The van der Waals surface area contributed by atoms with Gasteiger partial charge in [0, 0.05) is 11.6 Å². The third-order valence-corrected chi connectivity index (χ3v) is 6.51. The molecule has 1 aliphatic rings.